The van der Waals surface area contributed by atoms with E-state index in [0.717, 1.165) is 32.0 Å². The predicted molar refractivity (Wildman–Crippen MR) is 114 cm³/mol. The van der Waals surface area contributed by atoms with Crippen molar-refractivity contribution in [1.82, 2.24) is 15.5 Å². The molecule has 24 heavy (non-hydrogen) atoms. The van der Waals surface area contributed by atoms with Gasteiger partial charge in [0.1, 0.15) is 0 Å². The van der Waals surface area contributed by atoms with Crippen LogP contribution in [0.1, 0.15) is 33.3 Å². The largest absolute Gasteiger partial charge is 0.357 e. The summed E-state index contributed by atoms with van der Waals surface area (Å²) in [6, 6.07) is 11.6. The molecular formula is C19H33IN4. The van der Waals surface area contributed by atoms with Gasteiger partial charge in [0.2, 0.25) is 0 Å². The second kappa shape index (κ2) is 10.9. The Morgan fingerprint density at radius 1 is 1.25 bits per heavy atom. The highest BCUT2D eigenvalue weighted by Gasteiger charge is 2.31. The van der Waals surface area contributed by atoms with Gasteiger partial charge in [-0.05, 0) is 38.7 Å². The van der Waals surface area contributed by atoms with Crippen LogP contribution in [0, 0.1) is 5.92 Å². The van der Waals surface area contributed by atoms with Crippen molar-refractivity contribution in [3.8, 4) is 0 Å². The van der Waals surface area contributed by atoms with Gasteiger partial charge in [-0.15, -0.1) is 24.0 Å². The maximum absolute atomic E-state index is 4.75. The van der Waals surface area contributed by atoms with Gasteiger partial charge in [-0.1, -0.05) is 37.3 Å². The van der Waals surface area contributed by atoms with Crippen molar-refractivity contribution in [2.75, 3.05) is 26.2 Å². The molecule has 1 aromatic carbocycles. The first-order valence-electron chi connectivity index (χ1n) is 8.93. The van der Waals surface area contributed by atoms with Crippen LogP contribution in [0.25, 0.3) is 0 Å². The second-order valence-electron chi connectivity index (χ2n) is 6.77. The molecule has 1 fully saturated rings. The maximum atomic E-state index is 4.75. The van der Waals surface area contributed by atoms with E-state index in [9.17, 15) is 0 Å². The van der Waals surface area contributed by atoms with Crippen LogP contribution in [0.15, 0.2) is 35.3 Å². The summed E-state index contributed by atoms with van der Waals surface area (Å²) >= 11 is 0. The molecular weight excluding hydrogens is 411 g/mol. The molecule has 1 saturated heterocycles. The highest BCUT2D eigenvalue weighted by Crippen LogP contribution is 2.18. The second-order valence-corrected chi connectivity index (χ2v) is 6.77. The number of hydrogen-bond acceptors (Lipinski definition) is 2. The molecule has 2 atom stereocenters. The van der Waals surface area contributed by atoms with E-state index in [1.807, 2.05) is 0 Å². The fraction of sp³-hybridized carbons (Fsp3) is 0.632. The maximum Gasteiger partial charge on any atom is 0.191 e. The van der Waals surface area contributed by atoms with E-state index >= 15 is 0 Å². The monoisotopic (exact) mass is 444 g/mol. The number of aliphatic imine (C=N–C) groups is 1. The third-order valence-corrected chi connectivity index (χ3v) is 4.55. The smallest absolute Gasteiger partial charge is 0.191 e. The molecule has 0 aromatic heterocycles. The topological polar surface area (TPSA) is 39.7 Å². The van der Waals surface area contributed by atoms with Gasteiger partial charge >= 0.3 is 0 Å². The molecule has 1 aromatic rings. The van der Waals surface area contributed by atoms with Crippen molar-refractivity contribution in [1.29, 1.82) is 0 Å². The lowest BCUT2D eigenvalue weighted by Crippen LogP contribution is -2.46. The Bertz CT molecular complexity index is 489. The molecule has 0 saturated carbocycles. The molecule has 0 bridgehead atoms. The minimum absolute atomic E-state index is 0. The summed E-state index contributed by atoms with van der Waals surface area (Å²) in [7, 11) is 0. The zero-order valence-corrected chi connectivity index (χ0v) is 17.8. The molecule has 5 heteroatoms. The van der Waals surface area contributed by atoms with Gasteiger partial charge in [-0.2, -0.15) is 0 Å². The van der Waals surface area contributed by atoms with E-state index in [1.165, 1.54) is 12.1 Å². The summed E-state index contributed by atoms with van der Waals surface area (Å²) in [5.41, 5.74) is 1.34. The minimum Gasteiger partial charge on any atom is -0.357 e. The van der Waals surface area contributed by atoms with Crippen molar-refractivity contribution >= 4 is 29.9 Å². The van der Waals surface area contributed by atoms with Crippen molar-refractivity contribution in [2.45, 2.75) is 46.2 Å². The van der Waals surface area contributed by atoms with Gasteiger partial charge in [-0.25, -0.2) is 0 Å². The van der Waals surface area contributed by atoms with Crippen LogP contribution in [-0.4, -0.2) is 49.1 Å². The van der Waals surface area contributed by atoms with Crippen LogP contribution in [-0.2, 0) is 6.42 Å². The molecule has 4 nitrogen and oxygen atoms in total. The van der Waals surface area contributed by atoms with E-state index < -0.39 is 0 Å². The zero-order chi connectivity index (χ0) is 16.7. The molecule has 0 aliphatic carbocycles. The van der Waals surface area contributed by atoms with Crippen molar-refractivity contribution < 1.29 is 0 Å². The summed E-state index contributed by atoms with van der Waals surface area (Å²) < 4.78 is 0. The molecule has 2 rings (SSSR count). The van der Waals surface area contributed by atoms with Crippen molar-refractivity contribution in [3.05, 3.63) is 35.9 Å². The third-order valence-electron chi connectivity index (χ3n) is 4.55. The van der Waals surface area contributed by atoms with Crippen LogP contribution in [0.4, 0.5) is 0 Å². The summed E-state index contributed by atoms with van der Waals surface area (Å²) in [5, 5.41) is 7.02. The Balaban J connectivity index is 0.00000288. The van der Waals surface area contributed by atoms with E-state index in [1.54, 1.807) is 0 Å². The van der Waals surface area contributed by atoms with Crippen LogP contribution in [0.5, 0.6) is 0 Å². The molecule has 2 unspecified atom stereocenters. The number of guanidine groups is 1. The van der Waals surface area contributed by atoms with Crippen LogP contribution in [0.2, 0.25) is 0 Å². The lowest BCUT2D eigenvalue weighted by atomic mass is 10.1. The van der Waals surface area contributed by atoms with Gasteiger partial charge < -0.3 is 10.6 Å². The number of benzene rings is 1. The molecule has 0 radical (unpaired) electrons. The Morgan fingerprint density at radius 3 is 2.54 bits per heavy atom. The molecule has 136 valence electrons. The van der Waals surface area contributed by atoms with Crippen LogP contribution >= 0.6 is 24.0 Å². The lowest BCUT2D eigenvalue weighted by molar-refractivity contribution is 0.265. The van der Waals surface area contributed by atoms with Gasteiger partial charge in [-0.3, -0.25) is 9.89 Å². The third kappa shape index (κ3) is 6.59. The zero-order valence-electron chi connectivity index (χ0n) is 15.5. The molecule has 1 aliphatic heterocycles. The minimum atomic E-state index is 0. The Labute approximate surface area is 164 Å². The summed E-state index contributed by atoms with van der Waals surface area (Å²) in [6.07, 6.45) is 0.982. The SMILES string of the molecule is CCNC(=NCCc1ccccc1)NC1CN(C(C)C)CC1C.I. The Hall–Kier alpha value is -0.820. The average molecular weight is 444 g/mol. The number of nitrogens with zero attached hydrogens (tertiary/aromatic N) is 2. The van der Waals surface area contributed by atoms with Crippen molar-refractivity contribution in [3.63, 3.8) is 0 Å². The van der Waals surface area contributed by atoms with E-state index in [0.29, 0.717) is 18.0 Å². The highest BCUT2D eigenvalue weighted by atomic mass is 127. The summed E-state index contributed by atoms with van der Waals surface area (Å²) in [5.74, 6) is 1.60. The summed E-state index contributed by atoms with van der Waals surface area (Å²) in [4.78, 5) is 7.29. The number of likely N-dealkylation sites (tertiary alicyclic amines) is 1. The fourth-order valence-corrected chi connectivity index (χ4v) is 3.05. The Morgan fingerprint density at radius 2 is 1.96 bits per heavy atom. The van der Waals surface area contributed by atoms with Crippen molar-refractivity contribution in [2.24, 2.45) is 10.9 Å². The Kier molecular flexibility index (Phi) is 9.66. The molecule has 1 aliphatic rings. The predicted octanol–water partition coefficient (Wildman–Crippen LogP) is 3.13. The quantitative estimate of drug-likeness (QED) is 0.403. The van der Waals surface area contributed by atoms with Crippen LogP contribution in [0.3, 0.4) is 0 Å². The normalized spacial score (nSPS) is 21.6. The number of rotatable bonds is 6. The van der Waals surface area contributed by atoms with Gasteiger partial charge in [0.25, 0.3) is 0 Å². The molecule has 0 spiro atoms. The molecule has 2 N–H and O–H groups in total. The van der Waals surface area contributed by atoms with Gasteiger partial charge in [0, 0.05) is 38.3 Å². The van der Waals surface area contributed by atoms with Crippen LogP contribution < -0.4 is 10.6 Å². The standard InChI is InChI=1S/C19H32N4.HI/c1-5-20-19(21-12-11-17-9-7-6-8-10-17)22-18-14-23(15(2)3)13-16(18)4;/h6-10,15-16,18H,5,11-14H2,1-4H3,(H2,20,21,22);1H. The number of nitrogens with one attached hydrogen (secondary N) is 2. The summed E-state index contributed by atoms with van der Waals surface area (Å²) in [6.45, 7) is 13.0. The van der Waals surface area contributed by atoms with E-state index in [-0.39, 0.29) is 24.0 Å². The number of hydrogen-bond donors (Lipinski definition) is 2. The first-order chi connectivity index (χ1) is 11.1. The average Bonchev–Trinajstić information content (AvgIpc) is 2.90. The van der Waals surface area contributed by atoms with E-state index in [2.05, 4.69) is 73.6 Å². The lowest BCUT2D eigenvalue weighted by Gasteiger charge is -2.22. The first-order valence-corrected chi connectivity index (χ1v) is 8.93. The molecule has 0 amide bonds. The number of halogens is 1. The fourth-order valence-electron chi connectivity index (χ4n) is 3.05. The van der Waals surface area contributed by atoms with Gasteiger partial charge in [0.05, 0.1) is 0 Å². The molecule has 1 heterocycles. The van der Waals surface area contributed by atoms with E-state index in [4.69, 9.17) is 4.99 Å². The van der Waals surface area contributed by atoms with Gasteiger partial charge in [0.15, 0.2) is 5.96 Å². The first kappa shape index (κ1) is 21.2. The highest BCUT2D eigenvalue weighted by molar-refractivity contribution is 14.0.